The Hall–Kier alpha value is -2.97. The van der Waals surface area contributed by atoms with Crippen molar-refractivity contribution < 1.29 is 18.7 Å². The smallest absolute Gasteiger partial charge is 0.326 e. The molecule has 1 saturated heterocycles. The van der Waals surface area contributed by atoms with E-state index in [9.17, 15) is 14.0 Å². The van der Waals surface area contributed by atoms with Gasteiger partial charge in [0, 0.05) is 32.7 Å². The number of nitrogens with zero attached hydrogens (tertiary/aromatic N) is 2. The van der Waals surface area contributed by atoms with Crippen LogP contribution < -0.4 is 15.4 Å². The summed E-state index contributed by atoms with van der Waals surface area (Å²) in [6, 6.07) is 14.7. The second-order valence-electron chi connectivity index (χ2n) is 6.76. The second kappa shape index (κ2) is 10.5. The van der Waals surface area contributed by atoms with Crippen molar-refractivity contribution >= 4 is 17.6 Å². The van der Waals surface area contributed by atoms with E-state index < -0.39 is 17.8 Å². The Bertz CT molecular complexity index is 811. The molecule has 0 atom stereocenters. The number of carbonyl (C=O) groups excluding carboxylic acids is 2. The van der Waals surface area contributed by atoms with Crippen LogP contribution in [0.5, 0.6) is 5.75 Å². The number of halogens is 1. The van der Waals surface area contributed by atoms with E-state index in [1.165, 1.54) is 18.2 Å². The van der Waals surface area contributed by atoms with Gasteiger partial charge < -0.3 is 10.1 Å². The molecule has 1 aliphatic heterocycles. The lowest BCUT2D eigenvalue weighted by Gasteiger charge is -2.34. The molecule has 3 amide bonds. The standard InChI is InChI=1S/C21H25FN4O3/c22-18-8-4-5-9-19(18)23-21(28)24-20(27)16-26-12-10-25(11-13-26)14-15-29-17-6-2-1-3-7-17/h1-9H,10-16H2,(H2,23,24,27,28). The van der Waals surface area contributed by atoms with E-state index in [1.54, 1.807) is 6.07 Å². The zero-order valence-corrected chi connectivity index (χ0v) is 16.1. The number of hydrogen-bond acceptors (Lipinski definition) is 5. The predicted molar refractivity (Wildman–Crippen MR) is 108 cm³/mol. The summed E-state index contributed by atoms with van der Waals surface area (Å²) in [6.45, 7) is 4.67. The summed E-state index contributed by atoms with van der Waals surface area (Å²) >= 11 is 0. The van der Waals surface area contributed by atoms with Crippen molar-refractivity contribution in [2.45, 2.75) is 0 Å². The number of imide groups is 1. The Balaban J connectivity index is 1.32. The monoisotopic (exact) mass is 400 g/mol. The summed E-state index contributed by atoms with van der Waals surface area (Å²) in [7, 11) is 0. The molecular formula is C21H25FN4O3. The molecule has 1 aliphatic rings. The SMILES string of the molecule is O=C(CN1CCN(CCOc2ccccc2)CC1)NC(=O)Nc1ccccc1F. The minimum absolute atomic E-state index is 0.0316. The fourth-order valence-electron chi connectivity index (χ4n) is 3.07. The van der Waals surface area contributed by atoms with Crippen LogP contribution in [0, 0.1) is 5.82 Å². The molecule has 0 bridgehead atoms. The fraction of sp³-hybridized carbons (Fsp3) is 0.333. The molecule has 29 heavy (non-hydrogen) atoms. The first-order valence-corrected chi connectivity index (χ1v) is 9.58. The van der Waals surface area contributed by atoms with Crippen LogP contribution >= 0.6 is 0 Å². The minimum Gasteiger partial charge on any atom is -0.492 e. The second-order valence-corrected chi connectivity index (χ2v) is 6.76. The van der Waals surface area contributed by atoms with Crippen molar-refractivity contribution in [3.63, 3.8) is 0 Å². The van der Waals surface area contributed by atoms with Gasteiger partial charge in [0.15, 0.2) is 0 Å². The average molecular weight is 400 g/mol. The van der Waals surface area contributed by atoms with Crippen molar-refractivity contribution in [3.05, 3.63) is 60.4 Å². The summed E-state index contributed by atoms with van der Waals surface area (Å²) in [5, 5.41) is 4.57. The van der Waals surface area contributed by atoms with Gasteiger partial charge in [-0.2, -0.15) is 0 Å². The Kier molecular flexibility index (Phi) is 7.54. The number of rotatable bonds is 7. The van der Waals surface area contributed by atoms with Crippen LogP contribution in [0.25, 0.3) is 0 Å². The number of para-hydroxylation sites is 2. The molecule has 8 heteroatoms. The Morgan fingerprint density at radius 2 is 1.59 bits per heavy atom. The summed E-state index contributed by atoms with van der Waals surface area (Å²) in [4.78, 5) is 28.2. The Morgan fingerprint density at radius 1 is 0.931 bits per heavy atom. The molecule has 0 aromatic heterocycles. The average Bonchev–Trinajstić information content (AvgIpc) is 2.72. The number of piperazine rings is 1. The third kappa shape index (κ3) is 6.85. The van der Waals surface area contributed by atoms with Crippen LogP contribution in [-0.2, 0) is 4.79 Å². The molecule has 0 radical (unpaired) electrons. The van der Waals surface area contributed by atoms with Crippen molar-refractivity contribution in [1.29, 1.82) is 0 Å². The molecule has 7 nitrogen and oxygen atoms in total. The summed E-state index contributed by atoms with van der Waals surface area (Å²) in [5.74, 6) is -0.112. The van der Waals surface area contributed by atoms with Crippen molar-refractivity contribution in [1.82, 2.24) is 15.1 Å². The molecule has 1 heterocycles. The zero-order chi connectivity index (χ0) is 20.5. The number of urea groups is 1. The minimum atomic E-state index is -0.739. The number of amides is 3. The highest BCUT2D eigenvalue weighted by molar-refractivity contribution is 6.01. The largest absolute Gasteiger partial charge is 0.492 e. The lowest BCUT2D eigenvalue weighted by Crippen LogP contribution is -2.51. The van der Waals surface area contributed by atoms with E-state index in [-0.39, 0.29) is 12.2 Å². The van der Waals surface area contributed by atoms with Gasteiger partial charge in [-0.25, -0.2) is 9.18 Å². The topological polar surface area (TPSA) is 73.9 Å². The molecule has 2 N–H and O–H groups in total. The van der Waals surface area contributed by atoms with Gasteiger partial charge in [0.05, 0.1) is 12.2 Å². The van der Waals surface area contributed by atoms with Gasteiger partial charge in [-0.05, 0) is 24.3 Å². The fourth-order valence-corrected chi connectivity index (χ4v) is 3.07. The molecule has 2 aromatic rings. The van der Waals surface area contributed by atoms with Crippen LogP contribution in [0.3, 0.4) is 0 Å². The van der Waals surface area contributed by atoms with Crippen LogP contribution in [0.4, 0.5) is 14.9 Å². The van der Waals surface area contributed by atoms with Crippen LogP contribution in [0.15, 0.2) is 54.6 Å². The molecule has 1 fully saturated rings. The maximum absolute atomic E-state index is 13.5. The lowest BCUT2D eigenvalue weighted by molar-refractivity contribution is -0.121. The Labute approximate surface area is 169 Å². The number of benzene rings is 2. The molecule has 0 spiro atoms. The van der Waals surface area contributed by atoms with E-state index in [0.29, 0.717) is 6.61 Å². The van der Waals surface area contributed by atoms with Gasteiger partial charge in [0.25, 0.3) is 0 Å². The first-order valence-electron chi connectivity index (χ1n) is 9.58. The maximum atomic E-state index is 13.5. The van der Waals surface area contributed by atoms with E-state index in [4.69, 9.17) is 4.74 Å². The highest BCUT2D eigenvalue weighted by Crippen LogP contribution is 2.12. The zero-order valence-electron chi connectivity index (χ0n) is 16.1. The van der Waals surface area contributed by atoms with Gasteiger partial charge in [-0.3, -0.25) is 19.9 Å². The van der Waals surface area contributed by atoms with Gasteiger partial charge in [0.1, 0.15) is 18.2 Å². The highest BCUT2D eigenvalue weighted by atomic mass is 19.1. The normalized spacial score (nSPS) is 14.9. The first-order chi connectivity index (χ1) is 14.1. The van der Waals surface area contributed by atoms with Crippen LogP contribution in [0.2, 0.25) is 0 Å². The van der Waals surface area contributed by atoms with Gasteiger partial charge in [-0.1, -0.05) is 30.3 Å². The van der Waals surface area contributed by atoms with Crippen LogP contribution in [-0.4, -0.2) is 67.6 Å². The van der Waals surface area contributed by atoms with Gasteiger partial charge in [-0.15, -0.1) is 0 Å². The summed E-state index contributed by atoms with van der Waals surface area (Å²) < 4.78 is 19.2. The van der Waals surface area contributed by atoms with Crippen molar-refractivity contribution in [2.75, 3.05) is 51.2 Å². The molecule has 0 saturated carbocycles. The summed E-state index contributed by atoms with van der Waals surface area (Å²) in [5.41, 5.74) is 0.0316. The van der Waals surface area contributed by atoms with Gasteiger partial charge in [0.2, 0.25) is 5.91 Å². The van der Waals surface area contributed by atoms with Crippen LogP contribution in [0.1, 0.15) is 0 Å². The highest BCUT2D eigenvalue weighted by Gasteiger charge is 2.20. The molecule has 0 aliphatic carbocycles. The van der Waals surface area contributed by atoms with Crippen molar-refractivity contribution in [3.8, 4) is 5.75 Å². The molecule has 3 rings (SSSR count). The predicted octanol–water partition coefficient (Wildman–Crippen LogP) is 2.17. The number of hydrogen-bond donors (Lipinski definition) is 2. The van der Waals surface area contributed by atoms with E-state index >= 15 is 0 Å². The van der Waals surface area contributed by atoms with E-state index in [0.717, 1.165) is 38.5 Å². The summed E-state index contributed by atoms with van der Waals surface area (Å²) in [6.07, 6.45) is 0. The third-order valence-electron chi connectivity index (χ3n) is 4.63. The molecule has 154 valence electrons. The number of ether oxygens (including phenoxy) is 1. The van der Waals surface area contributed by atoms with Gasteiger partial charge >= 0.3 is 6.03 Å². The molecule has 0 unspecified atom stereocenters. The first kappa shape index (κ1) is 20.8. The third-order valence-corrected chi connectivity index (χ3v) is 4.63. The maximum Gasteiger partial charge on any atom is 0.326 e. The van der Waals surface area contributed by atoms with Crippen molar-refractivity contribution in [2.24, 2.45) is 0 Å². The quantitative estimate of drug-likeness (QED) is 0.745. The number of carbonyl (C=O) groups is 2. The number of anilines is 1. The number of nitrogens with one attached hydrogen (secondary N) is 2. The lowest BCUT2D eigenvalue weighted by atomic mass is 10.3. The molecule has 2 aromatic carbocycles. The van der Waals surface area contributed by atoms with E-state index in [2.05, 4.69) is 15.5 Å². The molecular weight excluding hydrogens is 375 g/mol. The van der Waals surface area contributed by atoms with E-state index in [1.807, 2.05) is 35.2 Å². The Morgan fingerprint density at radius 3 is 2.31 bits per heavy atom.